The molecule has 1 rings (SSSR count). The molecule has 0 aliphatic heterocycles. The first kappa shape index (κ1) is 13.1. The predicted molar refractivity (Wildman–Crippen MR) is 59.4 cm³/mol. The van der Waals surface area contributed by atoms with Crippen molar-refractivity contribution in [2.24, 2.45) is 0 Å². The van der Waals surface area contributed by atoms with Crippen LogP contribution in [0.15, 0.2) is 30.3 Å². The summed E-state index contributed by atoms with van der Waals surface area (Å²) in [6.07, 6.45) is 0.932. The molecular weight excluding hydrogens is 176 g/mol. The minimum atomic E-state index is 0.199. The van der Waals surface area contributed by atoms with Crippen LogP contribution in [0.5, 0.6) is 0 Å². The van der Waals surface area contributed by atoms with Crippen molar-refractivity contribution >= 4 is 0 Å². The van der Waals surface area contributed by atoms with Crippen LogP contribution in [0.4, 0.5) is 0 Å². The maximum absolute atomic E-state index is 8.29. The Bertz CT molecular complexity index is 209. The number of hydrogen-bond acceptors (Lipinski definition) is 2. The number of ether oxygens (including phenoxy) is 1. The quantitative estimate of drug-likeness (QED) is 0.804. The van der Waals surface area contributed by atoms with E-state index in [-0.39, 0.29) is 12.7 Å². The molecule has 0 fully saturated rings. The van der Waals surface area contributed by atoms with Gasteiger partial charge in [-0.15, -0.1) is 0 Å². The number of benzene rings is 1. The summed E-state index contributed by atoms with van der Waals surface area (Å²) in [6, 6.07) is 10.3. The van der Waals surface area contributed by atoms with Crippen LogP contribution in [0, 0.1) is 6.92 Å². The van der Waals surface area contributed by atoms with Gasteiger partial charge in [-0.05, 0) is 20.3 Å². The van der Waals surface area contributed by atoms with E-state index in [1.807, 2.05) is 25.1 Å². The lowest BCUT2D eigenvalue weighted by Crippen LogP contribution is -2.05. The van der Waals surface area contributed by atoms with Gasteiger partial charge in [0.2, 0.25) is 0 Å². The minimum absolute atomic E-state index is 0.199. The van der Waals surface area contributed by atoms with E-state index in [2.05, 4.69) is 19.1 Å². The summed E-state index contributed by atoms with van der Waals surface area (Å²) in [4.78, 5) is 0. The average Bonchev–Trinajstić information content (AvgIpc) is 2.20. The van der Waals surface area contributed by atoms with Crippen LogP contribution in [0.3, 0.4) is 0 Å². The van der Waals surface area contributed by atoms with Crippen molar-refractivity contribution in [1.82, 2.24) is 0 Å². The van der Waals surface area contributed by atoms with E-state index in [4.69, 9.17) is 9.84 Å². The summed E-state index contributed by atoms with van der Waals surface area (Å²) in [6.45, 7) is 4.23. The van der Waals surface area contributed by atoms with Crippen LogP contribution in [-0.4, -0.2) is 24.9 Å². The van der Waals surface area contributed by atoms with E-state index in [0.717, 1.165) is 6.42 Å². The maximum atomic E-state index is 8.29. The van der Waals surface area contributed by atoms with E-state index in [9.17, 15) is 0 Å². The van der Waals surface area contributed by atoms with Gasteiger partial charge < -0.3 is 9.84 Å². The van der Waals surface area contributed by atoms with Gasteiger partial charge >= 0.3 is 0 Å². The minimum Gasteiger partial charge on any atom is -0.396 e. The zero-order valence-corrected chi connectivity index (χ0v) is 9.23. The Morgan fingerprint density at radius 3 is 2.07 bits per heavy atom. The van der Waals surface area contributed by atoms with Gasteiger partial charge in [-0.3, -0.25) is 0 Å². The Morgan fingerprint density at radius 2 is 1.86 bits per heavy atom. The van der Waals surface area contributed by atoms with E-state index in [1.54, 1.807) is 7.11 Å². The largest absolute Gasteiger partial charge is 0.396 e. The molecule has 0 spiro atoms. The number of aliphatic hydroxyl groups excluding tert-OH is 1. The highest BCUT2D eigenvalue weighted by Gasteiger charge is 1.93. The van der Waals surface area contributed by atoms with Gasteiger partial charge in [0.05, 0.1) is 6.10 Å². The van der Waals surface area contributed by atoms with Crippen molar-refractivity contribution in [2.45, 2.75) is 26.4 Å². The zero-order chi connectivity index (χ0) is 10.8. The first-order valence-electron chi connectivity index (χ1n) is 4.86. The molecule has 0 saturated heterocycles. The third kappa shape index (κ3) is 7.77. The number of methoxy groups -OCH3 is 1. The second-order valence-electron chi connectivity index (χ2n) is 3.21. The van der Waals surface area contributed by atoms with Gasteiger partial charge in [-0.25, -0.2) is 0 Å². The Morgan fingerprint density at radius 1 is 1.29 bits per heavy atom. The summed E-state index contributed by atoms with van der Waals surface area (Å²) in [7, 11) is 1.64. The fourth-order valence-electron chi connectivity index (χ4n) is 0.834. The number of aryl methyl sites for hydroxylation is 1. The average molecular weight is 196 g/mol. The lowest BCUT2D eigenvalue weighted by Gasteiger charge is -2.04. The number of hydrogen-bond donors (Lipinski definition) is 1. The van der Waals surface area contributed by atoms with E-state index >= 15 is 0 Å². The van der Waals surface area contributed by atoms with Gasteiger partial charge in [0.15, 0.2) is 0 Å². The first-order chi connectivity index (χ1) is 6.70. The predicted octanol–water partition coefficient (Wildman–Crippen LogP) is 2.40. The van der Waals surface area contributed by atoms with Gasteiger partial charge in [0.1, 0.15) is 0 Å². The van der Waals surface area contributed by atoms with Crippen molar-refractivity contribution < 1.29 is 9.84 Å². The molecule has 80 valence electrons. The van der Waals surface area contributed by atoms with Gasteiger partial charge in [-0.1, -0.05) is 35.9 Å². The van der Waals surface area contributed by atoms with Crippen molar-refractivity contribution in [3.63, 3.8) is 0 Å². The summed E-state index contributed by atoms with van der Waals surface area (Å²) in [5, 5.41) is 8.29. The number of rotatable bonds is 3. The summed E-state index contributed by atoms with van der Waals surface area (Å²) in [5.74, 6) is 0. The molecule has 1 unspecified atom stereocenters. The van der Waals surface area contributed by atoms with E-state index in [0.29, 0.717) is 0 Å². The molecule has 0 aliphatic rings. The molecule has 1 atom stereocenters. The normalized spacial score (nSPS) is 11.4. The summed E-state index contributed by atoms with van der Waals surface area (Å²) >= 11 is 0. The van der Waals surface area contributed by atoms with Crippen LogP contribution >= 0.6 is 0 Å². The third-order valence-electron chi connectivity index (χ3n) is 1.88. The second kappa shape index (κ2) is 8.73. The SMILES string of the molecule is COC(C)CCO.Cc1ccccc1. The molecule has 0 saturated carbocycles. The molecule has 1 aromatic rings. The van der Waals surface area contributed by atoms with E-state index in [1.165, 1.54) is 5.56 Å². The molecule has 0 bridgehead atoms. The molecule has 14 heavy (non-hydrogen) atoms. The lowest BCUT2D eigenvalue weighted by molar-refractivity contribution is 0.0917. The van der Waals surface area contributed by atoms with Crippen LogP contribution in [0.25, 0.3) is 0 Å². The Hall–Kier alpha value is -0.860. The van der Waals surface area contributed by atoms with Crippen LogP contribution < -0.4 is 0 Å². The molecule has 0 aliphatic carbocycles. The molecule has 0 radical (unpaired) electrons. The smallest absolute Gasteiger partial charge is 0.0565 e. The topological polar surface area (TPSA) is 29.5 Å². The van der Waals surface area contributed by atoms with Gasteiger partial charge in [-0.2, -0.15) is 0 Å². The molecule has 0 aromatic heterocycles. The van der Waals surface area contributed by atoms with Crippen LogP contribution in [0.1, 0.15) is 18.9 Å². The molecule has 1 N–H and O–H groups in total. The van der Waals surface area contributed by atoms with Crippen molar-refractivity contribution in [3.05, 3.63) is 35.9 Å². The highest BCUT2D eigenvalue weighted by molar-refractivity contribution is 5.11. The van der Waals surface area contributed by atoms with Crippen LogP contribution in [-0.2, 0) is 4.74 Å². The first-order valence-corrected chi connectivity index (χ1v) is 4.86. The molecule has 1 aromatic carbocycles. The Kier molecular flexibility index (Phi) is 8.19. The van der Waals surface area contributed by atoms with E-state index < -0.39 is 0 Å². The molecule has 2 heteroatoms. The Labute approximate surface area is 86.5 Å². The zero-order valence-electron chi connectivity index (χ0n) is 9.23. The van der Waals surface area contributed by atoms with Crippen molar-refractivity contribution in [3.8, 4) is 0 Å². The van der Waals surface area contributed by atoms with Crippen molar-refractivity contribution in [1.29, 1.82) is 0 Å². The Balaban J connectivity index is 0.000000241. The lowest BCUT2D eigenvalue weighted by atomic mass is 10.2. The highest BCUT2D eigenvalue weighted by Crippen LogP contribution is 1.92. The van der Waals surface area contributed by atoms with Crippen LogP contribution in [0.2, 0.25) is 0 Å². The third-order valence-corrected chi connectivity index (χ3v) is 1.88. The molecule has 0 heterocycles. The fourth-order valence-corrected chi connectivity index (χ4v) is 0.834. The highest BCUT2D eigenvalue weighted by atomic mass is 16.5. The molecule has 2 nitrogen and oxygen atoms in total. The standard InChI is InChI=1S/C7H8.C5H12O2/c1-7-5-3-2-4-6-7;1-5(7-2)3-4-6/h2-6H,1H3;5-6H,3-4H2,1-2H3. The van der Waals surface area contributed by atoms with Crippen molar-refractivity contribution in [2.75, 3.05) is 13.7 Å². The molecule has 0 amide bonds. The molecular formula is C12H20O2. The van der Waals surface area contributed by atoms with Gasteiger partial charge in [0.25, 0.3) is 0 Å². The monoisotopic (exact) mass is 196 g/mol. The number of aliphatic hydroxyl groups is 1. The summed E-state index contributed by atoms with van der Waals surface area (Å²) in [5.41, 5.74) is 1.32. The summed E-state index contributed by atoms with van der Waals surface area (Å²) < 4.78 is 4.83. The second-order valence-corrected chi connectivity index (χ2v) is 3.21. The fraction of sp³-hybridized carbons (Fsp3) is 0.500. The maximum Gasteiger partial charge on any atom is 0.0565 e. The van der Waals surface area contributed by atoms with Gasteiger partial charge in [0, 0.05) is 13.7 Å².